The topological polar surface area (TPSA) is 52.9 Å². The van der Waals surface area contributed by atoms with Gasteiger partial charge in [-0.15, -0.1) is 0 Å². The third-order valence-electron chi connectivity index (χ3n) is 3.61. The van der Waals surface area contributed by atoms with Gasteiger partial charge >= 0.3 is 0 Å². The molecule has 1 N–H and O–H groups in total. The zero-order valence-corrected chi connectivity index (χ0v) is 14.8. The van der Waals surface area contributed by atoms with Gasteiger partial charge < -0.3 is 5.11 Å². The number of aromatic hydroxyl groups is 1. The van der Waals surface area contributed by atoms with Crippen molar-refractivity contribution in [3.05, 3.63) is 76.7 Å². The third-order valence-corrected chi connectivity index (χ3v) is 4.67. The fourth-order valence-corrected chi connectivity index (χ4v) is 3.42. The van der Waals surface area contributed by atoms with Crippen LogP contribution < -0.4 is 0 Å². The predicted molar refractivity (Wildman–Crippen MR) is 104 cm³/mol. The summed E-state index contributed by atoms with van der Waals surface area (Å²) in [6, 6.07) is 16.6. The molecule has 0 saturated carbocycles. The Labute approximate surface area is 151 Å². The van der Waals surface area contributed by atoms with Gasteiger partial charge in [0, 0.05) is 13.1 Å². The van der Waals surface area contributed by atoms with Crippen molar-refractivity contribution in [2.24, 2.45) is 4.99 Å². The summed E-state index contributed by atoms with van der Waals surface area (Å²) in [6.45, 7) is 1.97. The van der Waals surface area contributed by atoms with E-state index in [4.69, 9.17) is 0 Å². The number of rotatable bonds is 3. The van der Waals surface area contributed by atoms with Gasteiger partial charge in [-0.05, 0) is 48.0 Å². The number of amidine groups is 1. The highest BCUT2D eigenvalue weighted by Gasteiger charge is 2.30. The molecule has 4 nitrogen and oxygen atoms in total. The van der Waals surface area contributed by atoms with Crippen LogP contribution in [0, 0.1) is 0 Å². The lowest BCUT2D eigenvalue weighted by atomic mass is 10.1. The molecule has 0 bridgehead atoms. The molecule has 0 atom stereocenters. The maximum Gasteiger partial charge on any atom is 0.266 e. The summed E-state index contributed by atoms with van der Waals surface area (Å²) < 4.78 is 0. The Hall–Kier alpha value is -2.79. The van der Waals surface area contributed by atoms with Crippen molar-refractivity contribution in [3.63, 3.8) is 0 Å². The molecule has 1 amide bonds. The van der Waals surface area contributed by atoms with Crippen LogP contribution in [0.2, 0.25) is 0 Å². The van der Waals surface area contributed by atoms with E-state index in [1.807, 2.05) is 49.4 Å². The lowest BCUT2D eigenvalue weighted by molar-refractivity contribution is -0.121. The number of allylic oxidation sites excluding steroid dienone is 2. The summed E-state index contributed by atoms with van der Waals surface area (Å²) in [5, 5.41) is 10.1. The van der Waals surface area contributed by atoms with Crippen LogP contribution in [-0.4, -0.2) is 28.1 Å². The molecule has 1 saturated heterocycles. The van der Waals surface area contributed by atoms with E-state index in [0.29, 0.717) is 15.8 Å². The minimum absolute atomic E-state index is 0.0790. The normalized spacial score (nSPS) is 18.4. The first kappa shape index (κ1) is 17.0. The fraction of sp³-hybridized carbons (Fsp3) is 0.100. The molecule has 2 aromatic carbocycles. The highest BCUT2D eigenvalue weighted by Crippen LogP contribution is 2.33. The molecule has 0 radical (unpaired) electrons. The molecule has 5 heteroatoms. The van der Waals surface area contributed by atoms with E-state index < -0.39 is 0 Å². The number of amides is 1. The summed E-state index contributed by atoms with van der Waals surface area (Å²) >= 11 is 1.33. The summed E-state index contributed by atoms with van der Waals surface area (Å²) in [5.41, 5.74) is 2.70. The second-order valence-electron chi connectivity index (χ2n) is 5.69. The van der Waals surface area contributed by atoms with E-state index in [0.717, 1.165) is 11.1 Å². The molecule has 126 valence electrons. The van der Waals surface area contributed by atoms with Crippen molar-refractivity contribution in [1.82, 2.24) is 4.90 Å². The number of nitrogens with zero attached hydrogens (tertiary/aromatic N) is 2. The standard InChI is InChI=1S/C20H18N2O2S/c1-14(11-15-7-4-3-5-8-15)12-18-19(24)22(2)20(25-18)21-16-9-6-10-17(23)13-16/h3-13,23H,1-2H3/b14-11+,18-12-,21-20?. The number of carbonyl (C=O) groups excluding carboxylic acids is 1. The molecular weight excluding hydrogens is 332 g/mol. The van der Waals surface area contributed by atoms with Crippen LogP contribution >= 0.6 is 11.8 Å². The van der Waals surface area contributed by atoms with Gasteiger partial charge in [-0.3, -0.25) is 9.69 Å². The number of benzene rings is 2. The number of carbonyl (C=O) groups is 1. The average molecular weight is 350 g/mol. The Balaban J connectivity index is 1.84. The number of phenols is 1. The van der Waals surface area contributed by atoms with Gasteiger partial charge in [0.15, 0.2) is 5.17 Å². The highest BCUT2D eigenvalue weighted by atomic mass is 32.2. The fourth-order valence-electron chi connectivity index (χ4n) is 2.39. The number of hydrogen-bond donors (Lipinski definition) is 1. The summed E-state index contributed by atoms with van der Waals surface area (Å²) in [6.07, 6.45) is 3.91. The Morgan fingerprint density at radius 3 is 2.64 bits per heavy atom. The lowest BCUT2D eigenvalue weighted by Crippen LogP contribution is -2.23. The van der Waals surface area contributed by atoms with Crippen LogP contribution in [0.3, 0.4) is 0 Å². The SMILES string of the molecule is CC(/C=C1\SC(=Nc2cccc(O)c2)N(C)C1=O)=C\c1ccccc1. The van der Waals surface area contributed by atoms with Crippen LogP contribution in [0.4, 0.5) is 5.69 Å². The Bertz CT molecular complexity index is 886. The molecule has 0 aliphatic carbocycles. The Kier molecular flexibility index (Phi) is 5.05. The van der Waals surface area contributed by atoms with E-state index in [2.05, 4.69) is 4.99 Å². The maximum absolute atomic E-state index is 12.4. The molecule has 1 heterocycles. The molecule has 3 rings (SSSR count). The minimum Gasteiger partial charge on any atom is -0.508 e. The zero-order chi connectivity index (χ0) is 17.8. The van der Waals surface area contributed by atoms with E-state index >= 15 is 0 Å². The van der Waals surface area contributed by atoms with Crippen molar-refractivity contribution in [2.75, 3.05) is 7.05 Å². The van der Waals surface area contributed by atoms with Crippen LogP contribution in [0.1, 0.15) is 12.5 Å². The van der Waals surface area contributed by atoms with Gasteiger partial charge in [-0.25, -0.2) is 4.99 Å². The van der Waals surface area contributed by atoms with Gasteiger partial charge in [0.2, 0.25) is 0 Å². The second-order valence-corrected chi connectivity index (χ2v) is 6.70. The van der Waals surface area contributed by atoms with Crippen molar-refractivity contribution in [2.45, 2.75) is 6.92 Å². The van der Waals surface area contributed by atoms with Gasteiger partial charge in [-0.1, -0.05) is 42.5 Å². The maximum atomic E-state index is 12.4. The molecule has 0 unspecified atom stereocenters. The van der Waals surface area contributed by atoms with Crippen LogP contribution in [-0.2, 0) is 4.79 Å². The van der Waals surface area contributed by atoms with Gasteiger partial charge in [-0.2, -0.15) is 0 Å². The zero-order valence-electron chi connectivity index (χ0n) is 14.0. The first-order valence-electron chi connectivity index (χ1n) is 7.81. The predicted octanol–water partition coefficient (Wildman–Crippen LogP) is 4.57. The first-order valence-corrected chi connectivity index (χ1v) is 8.63. The Morgan fingerprint density at radius 1 is 1.16 bits per heavy atom. The number of likely N-dealkylation sites (N-methyl/N-ethyl adjacent to an activating group) is 1. The Morgan fingerprint density at radius 2 is 1.92 bits per heavy atom. The van der Waals surface area contributed by atoms with E-state index in [9.17, 15) is 9.90 Å². The van der Waals surface area contributed by atoms with E-state index in [1.165, 1.54) is 16.7 Å². The summed E-state index contributed by atoms with van der Waals surface area (Å²) in [7, 11) is 1.70. The van der Waals surface area contributed by atoms with Gasteiger partial charge in [0.25, 0.3) is 5.91 Å². The molecule has 1 aliphatic rings. The van der Waals surface area contributed by atoms with Crippen LogP contribution in [0.25, 0.3) is 6.08 Å². The summed E-state index contributed by atoms with van der Waals surface area (Å²) in [5.74, 6) is 0.0703. The van der Waals surface area contributed by atoms with Gasteiger partial charge in [0.05, 0.1) is 10.6 Å². The smallest absolute Gasteiger partial charge is 0.266 e. The van der Waals surface area contributed by atoms with Crippen LogP contribution in [0.15, 0.2) is 76.1 Å². The van der Waals surface area contributed by atoms with Crippen molar-refractivity contribution in [3.8, 4) is 5.75 Å². The van der Waals surface area contributed by atoms with Crippen LogP contribution in [0.5, 0.6) is 5.75 Å². The quantitative estimate of drug-likeness (QED) is 0.825. The second kappa shape index (κ2) is 7.40. The third kappa shape index (κ3) is 4.19. The average Bonchev–Trinajstić information content (AvgIpc) is 2.84. The molecule has 2 aromatic rings. The molecule has 1 fully saturated rings. The first-order chi connectivity index (χ1) is 12.0. The largest absolute Gasteiger partial charge is 0.508 e. The van der Waals surface area contributed by atoms with Crippen molar-refractivity contribution >= 4 is 34.6 Å². The number of thioether (sulfide) groups is 1. The van der Waals surface area contributed by atoms with Gasteiger partial charge in [0.1, 0.15) is 5.75 Å². The molecule has 1 aliphatic heterocycles. The van der Waals surface area contributed by atoms with Crippen molar-refractivity contribution in [1.29, 1.82) is 0 Å². The minimum atomic E-state index is -0.0790. The van der Waals surface area contributed by atoms with E-state index in [-0.39, 0.29) is 11.7 Å². The number of phenolic OH excluding ortho intramolecular Hbond substituents is 1. The highest BCUT2D eigenvalue weighted by molar-refractivity contribution is 8.18. The van der Waals surface area contributed by atoms with Crippen molar-refractivity contribution < 1.29 is 9.90 Å². The molecular formula is C20H18N2O2S. The molecule has 25 heavy (non-hydrogen) atoms. The number of aliphatic imine (C=N–C) groups is 1. The lowest BCUT2D eigenvalue weighted by Gasteiger charge is -2.07. The monoisotopic (exact) mass is 350 g/mol. The number of hydrogen-bond acceptors (Lipinski definition) is 4. The molecule has 0 spiro atoms. The summed E-state index contributed by atoms with van der Waals surface area (Å²) in [4.78, 5) is 19.1. The van der Waals surface area contributed by atoms with E-state index in [1.54, 1.807) is 31.3 Å². The molecule has 0 aromatic heterocycles.